The maximum Gasteiger partial charge on any atom is 0.389 e. The van der Waals surface area contributed by atoms with Gasteiger partial charge in [-0.1, -0.05) is 24.6 Å². The Balaban J connectivity index is 0.00000264. The molecule has 2 rings (SSSR count). The second-order valence-electron chi connectivity index (χ2n) is 5.88. The van der Waals surface area contributed by atoms with Gasteiger partial charge >= 0.3 is 6.18 Å². The molecule has 1 aromatic rings. The van der Waals surface area contributed by atoms with E-state index in [0.29, 0.717) is 17.7 Å². The maximum absolute atomic E-state index is 12.3. The van der Waals surface area contributed by atoms with Crippen LogP contribution in [0.25, 0.3) is 0 Å². The van der Waals surface area contributed by atoms with Gasteiger partial charge in [0.1, 0.15) is 0 Å². The van der Waals surface area contributed by atoms with Gasteiger partial charge in [-0.05, 0) is 36.8 Å². The lowest BCUT2D eigenvalue weighted by Crippen LogP contribution is -2.28. The number of rotatable bonds is 5. The summed E-state index contributed by atoms with van der Waals surface area (Å²) in [6, 6.07) is 6.68. The van der Waals surface area contributed by atoms with Crippen molar-refractivity contribution in [1.29, 1.82) is 0 Å². The molecule has 1 amide bonds. The third kappa shape index (κ3) is 6.39. The SMILES string of the molecule is Cl.N[C@@H]1CCC[C@H]1CC(=O)Nc1ccccc1CCC(F)(F)F. The van der Waals surface area contributed by atoms with E-state index in [1.807, 2.05) is 0 Å². The standard InChI is InChI=1S/C16H21F3N2O.ClH/c17-16(18,19)9-8-11-4-1-2-7-14(11)21-15(22)10-12-5-3-6-13(12)20;/h1-2,4,7,12-13H,3,5-6,8-10,20H2,(H,21,22);1H/t12-,13+;/m0./s1. The van der Waals surface area contributed by atoms with E-state index in [-0.39, 0.29) is 36.7 Å². The van der Waals surface area contributed by atoms with Crippen LogP contribution in [0.3, 0.4) is 0 Å². The van der Waals surface area contributed by atoms with Crippen LogP contribution in [0.15, 0.2) is 24.3 Å². The van der Waals surface area contributed by atoms with E-state index < -0.39 is 12.6 Å². The molecular formula is C16H22ClF3N2O. The highest BCUT2D eigenvalue weighted by Gasteiger charge is 2.28. The normalized spacial score (nSPS) is 20.9. The summed E-state index contributed by atoms with van der Waals surface area (Å²) in [4.78, 5) is 12.1. The van der Waals surface area contributed by atoms with Crippen molar-refractivity contribution in [2.75, 3.05) is 5.32 Å². The van der Waals surface area contributed by atoms with Crippen molar-refractivity contribution in [2.24, 2.45) is 11.7 Å². The molecule has 23 heavy (non-hydrogen) atoms. The zero-order valence-electron chi connectivity index (χ0n) is 12.7. The van der Waals surface area contributed by atoms with Crippen LogP contribution >= 0.6 is 12.4 Å². The minimum absolute atomic E-state index is 0. The highest BCUT2D eigenvalue weighted by atomic mass is 35.5. The molecule has 0 unspecified atom stereocenters. The molecule has 0 heterocycles. The topological polar surface area (TPSA) is 55.1 Å². The first-order valence-electron chi connectivity index (χ1n) is 7.55. The van der Waals surface area contributed by atoms with Crippen LogP contribution in [0, 0.1) is 5.92 Å². The van der Waals surface area contributed by atoms with Crippen molar-refractivity contribution in [2.45, 2.75) is 50.7 Å². The molecule has 1 saturated carbocycles. The molecule has 0 spiro atoms. The minimum atomic E-state index is -4.20. The summed E-state index contributed by atoms with van der Waals surface area (Å²) in [5, 5.41) is 2.73. The summed E-state index contributed by atoms with van der Waals surface area (Å²) >= 11 is 0. The summed E-state index contributed by atoms with van der Waals surface area (Å²) in [6.45, 7) is 0. The van der Waals surface area contributed by atoms with Crippen molar-refractivity contribution in [1.82, 2.24) is 0 Å². The fourth-order valence-electron chi connectivity index (χ4n) is 2.89. The molecule has 0 aromatic heterocycles. The number of amides is 1. The number of carbonyl (C=O) groups is 1. The number of anilines is 1. The molecule has 0 radical (unpaired) electrons. The van der Waals surface area contributed by atoms with Crippen molar-refractivity contribution in [3.63, 3.8) is 0 Å². The molecule has 3 N–H and O–H groups in total. The lowest BCUT2D eigenvalue weighted by Gasteiger charge is -2.16. The van der Waals surface area contributed by atoms with E-state index in [0.717, 1.165) is 19.3 Å². The number of halogens is 4. The van der Waals surface area contributed by atoms with Gasteiger partial charge in [0.2, 0.25) is 5.91 Å². The fraction of sp³-hybridized carbons (Fsp3) is 0.562. The third-order valence-corrected chi connectivity index (χ3v) is 4.13. The highest BCUT2D eigenvalue weighted by molar-refractivity contribution is 5.91. The molecule has 0 aliphatic heterocycles. The van der Waals surface area contributed by atoms with Crippen LogP contribution in [-0.4, -0.2) is 18.1 Å². The minimum Gasteiger partial charge on any atom is -0.327 e. The number of carbonyl (C=O) groups excluding carboxylic acids is 1. The quantitative estimate of drug-likeness (QED) is 0.841. The Morgan fingerprint density at radius 1 is 1.26 bits per heavy atom. The van der Waals surface area contributed by atoms with Crippen LogP contribution in [-0.2, 0) is 11.2 Å². The largest absolute Gasteiger partial charge is 0.389 e. The van der Waals surface area contributed by atoms with Crippen molar-refractivity contribution in [3.8, 4) is 0 Å². The molecule has 1 fully saturated rings. The van der Waals surface area contributed by atoms with Crippen LogP contribution in [0.5, 0.6) is 0 Å². The van der Waals surface area contributed by atoms with Gasteiger partial charge in [-0.25, -0.2) is 0 Å². The molecule has 0 bridgehead atoms. The van der Waals surface area contributed by atoms with Crippen LogP contribution < -0.4 is 11.1 Å². The van der Waals surface area contributed by atoms with Gasteiger partial charge in [0.25, 0.3) is 0 Å². The number of nitrogens with two attached hydrogens (primary N) is 1. The van der Waals surface area contributed by atoms with Gasteiger partial charge in [-0.15, -0.1) is 12.4 Å². The number of nitrogens with one attached hydrogen (secondary N) is 1. The number of alkyl halides is 3. The van der Waals surface area contributed by atoms with Crippen LogP contribution in [0.1, 0.15) is 37.7 Å². The first kappa shape index (κ1) is 19.8. The van der Waals surface area contributed by atoms with Crippen LogP contribution in [0.4, 0.5) is 18.9 Å². The van der Waals surface area contributed by atoms with Gasteiger partial charge in [-0.2, -0.15) is 13.2 Å². The molecule has 0 saturated heterocycles. The van der Waals surface area contributed by atoms with Gasteiger partial charge in [0.05, 0.1) is 0 Å². The average Bonchev–Trinajstić information content (AvgIpc) is 2.82. The number of hydrogen-bond donors (Lipinski definition) is 2. The zero-order chi connectivity index (χ0) is 16.2. The van der Waals surface area contributed by atoms with Crippen molar-refractivity contribution >= 4 is 24.0 Å². The monoisotopic (exact) mass is 350 g/mol. The summed E-state index contributed by atoms with van der Waals surface area (Å²) in [5.74, 6) is -0.0100. The fourth-order valence-corrected chi connectivity index (χ4v) is 2.89. The second-order valence-corrected chi connectivity index (χ2v) is 5.88. The number of aryl methyl sites for hydroxylation is 1. The molecule has 7 heteroatoms. The molecular weight excluding hydrogens is 329 g/mol. The first-order chi connectivity index (χ1) is 10.3. The zero-order valence-corrected chi connectivity index (χ0v) is 13.6. The van der Waals surface area contributed by atoms with E-state index >= 15 is 0 Å². The number of benzene rings is 1. The van der Waals surface area contributed by atoms with Crippen LogP contribution in [0.2, 0.25) is 0 Å². The first-order valence-corrected chi connectivity index (χ1v) is 7.55. The molecule has 1 aliphatic rings. The van der Waals surface area contributed by atoms with E-state index in [4.69, 9.17) is 5.73 Å². The van der Waals surface area contributed by atoms with E-state index in [2.05, 4.69) is 5.32 Å². The van der Waals surface area contributed by atoms with E-state index in [9.17, 15) is 18.0 Å². The van der Waals surface area contributed by atoms with Crippen molar-refractivity contribution < 1.29 is 18.0 Å². The summed E-state index contributed by atoms with van der Waals surface area (Å²) in [7, 11) is 0. The third-order valence-electron chi connectivity index (χ3n) is 4.13. The Bertz CT molecular complexity index is 522. The lowest BCUT2D eigenvalue weighted by molar-refractivity contribution is -0.133. The number of hydrogen-bond acceptors (Lipinski definition) is 2. The molecule has 3 nitrogen and oxygen atoms in total. The van der Waals surface area contributed by atoms with Gasteiger partial charge in [0.15, 0.2) is 0 Å². The van der Waals surface area contributed by atoms with E-state index in [1.54, 1.807) is 24.3 Å². The summed E-state index contributed by atoms with van der Waals surface area (Å²) in [6.07, 6.45) is -2.01. The molecule has 1 aliphatic carbocycles. The van der Waals surface area contributed by atoms with Gasteiger partial charge in [-0.3, -0.25) is 4.79 Å². The maximum atomic E-state index is 12.3. The smallest absolute Gasteiger partial charge is 0.327 e. The highest BCUT2D eigenvalue weighted by Crippen LogP contribution is 2.28. The Morgan fingerprint density at radius 2 is 1.96 bits per heavy atom. The Morgan fingerprint density at radius 3 is 2.57 bits per heavy atom. The summed E-state index contributed by atoms with van der Waals surface area (Å²) < 4.78 is 37.0. The Hall–Kier alpha value is -1.27. The molecule has 2 atom stereocenters. The predicted octanol–water partition coefficient (Wildman–Crippen LogP) is 4.06. The molecule has 130 valence electrons. The van der Waals surface area contributed by atoms with Gasteiger partial charge in [0, 0.05) is 24.6 Å². The number of para-hydroxylation sites is 1. The van der Waals surface area contributed by atoms with Gasteiger partial charge < -0.3 is 11.1 Å². The lowest BCUT2D eigenvalue weighted by atomic mass is 9.99. The van der Waals surface area contributed by atoms with E-state index in [1.165, 1.54) is 0 Å². The predicted molar refractivity (Wildman–Crippen MR) is 86.6 cm³/mol. The average molecular weight is 351 g/mol. The molecule has 1 aromatic carbocycles. The Labute approximate surface area is 140 Å². The second kappa shape index (κ2) is 8.55. The summed E-state index contributed by atoms with van der Waals surface area (Å²) in [5.41, 5.74) is 6.91. The Kier molecular flexibility index (Phi) is 7.35. The van der Waals surface area contributed by atoms with Crippen molar-refractivity contribution in [3.05, 3.63) is 29.8 Å².